The molecule has 0 aromatic carbocycles. The summed E-state index contributed by atoms with van der Waals surface area (Å²) < 4.78 is 0. The van der Waals surface area contributed by atoms with Crippen LogP contribution in [-0.4, -0.2) is 20.7 Å². The van der Waals surface area contributed by atoms with Crippen molar-refractivity contribution in [2.75, 3.05) is 0 Å². The number of nitrogens with two attached hydrogens (primary N) is 1. The van der Waals surface area contributed by atoms with Crippen LogP contribution in [-0.2, 0) is 4.79 Å². The second kappa shape index (κ2) is 5.27. The van der Waals surface area contributed by atoms with E-state index in [-0.39, 0.29) is 11.2 Å². The van der Waals surface area contributed by atoms with Crippen molar-refractivity contribution in [2.45, 2.75) is 88.1 Å². The van der Waals surface area contributed by atoms with Gasteiger partial charge in [0.15, 0.2) is 6.71 Å². The van der Waals surface area contributed by atoms with Gasteiger partial charge in [-0.2, -0.15) is 0 Å². The van der Waals surface area contributed by atoms with Crippen LogP contribution < -0.4 is 5.73 Å². The molecule has 19 heavy (non-hydrogen) atoms. The van der Waals surface area contributed by atoms with Gasteiger partial charge in [-0.05, 0) is 12.8 Å². The van der Waals surface area contributed by atoms with Crippen LogP contribution in [0.4, 0.5) is 0 Å². The summed E-state index contributed by atoms with van der Waals surface area (Å²) in [5.74, 6) is 0.776. The standard InChI is InChI=1S/C15H30BNOSi/c1-12(19(2,3)4)11-16-13-7-5-9-15(16,14(17)18)10-6-8-13/h12-13H,5-11H2,1-4H3,(H2,17,18). The minimum atomic E-state index is -1.11. The molecule has 2 aliphatic rings. The second-order valence-corrected chi connectivity index (χ2v) is 13.9. The predicted molar refractivity (Wildman–Crippen MR) is 86.7 cm³/mol. The lowest BCUT2D eigenvalue weighted by Crippen LogP contribution is -2.51. The summed E-state index contributed by atoms with van der Waals surface area (Å²) in [5.41, 5.74) is 6.64. The zero-order valence-corrected chi connectivity index (χ0v) is 14.2. The number of amides is 1. The van der Waals surface area contributed by atoms with Gasteiger partial charge in [-0.3, -0.25) is 4.79 Å². The van der Waals surface area contributed by atoms with E-state index in [4.69, 9.17) is 5.73 Å². The third kappa shape index (κ3) is 2.79. The van der Waals surface area contributed by atoms with E-state index in [0.717, 1.165) is 24.2 Å². The van der Waals surface area contributed by atoms with Gasteiger partial charge in [0.05, 0.1) is 0 Å². The Hall–Kier alpha value is -0.248. The maximum absolute atomic E-state index is 12.2. The highest BCUT2D eigenvalue weighted by atomic mass is 28.3. The summed E-state index contributed by atoms with van der Waals surface area (Å²) in [4.78, 5) is 12.2. The van der Waals surface area contributed by atoms with Gasteiger partial charge < -0.3 is 5.73 Å². The Morgan fingerprint density at radius 2 is 1.84 bits per heavy atom. The lowest BCUT2D eigenvalue weighted by atomic mass is 9.19. The van der Waals surface area contributed by atoms with E-state index in [1.807, 2.05) is 0 Å². The molecule has 0 aromatic rings. The fourth-order valence-corrected chi connectivity index (χ4v) is 5.40. The van der Waals surface area contributed by atoms with Gasteiger partial charge in [0.1, 0.15) is 0 Å². The molecule has 0 spiro atoms. The number of carbonyl (C=O) groups is 1. The molecule has 2 nitrogen and oxygen atoms in total. The topological polar surface area (TPSA) is 43.1 Å². The number of hydrogen-bond donors (Lipinski definition) is 1. The Labute approximate surface area is 120 Å². The van der Waals surface area contributed by atoms with E-state index in [9.17, 15) is 4.79 Å². The first-order valence-electron chi connectivity index (χ1n) is 8.07. The van der Waals surface area contributed by atoms with E-state index in [1.165, 1.54) is 32.0 Å². The van der Waals surface area contributed by atoms with Crippen LogP contribution in [0.15, 0.2) is 0 Å². The number of fused-ring (bicyclic) bond motifs is 2. The molecule has 0 aromatic heterocycles. The molecule has 2 aliphatic heterocycles. The first-order valence-corrected chi connectivity index (χ1v) is 11.6. The largest absolute Gasteiger partial charge is 0.370 e. The molecule has 0 aliphatic carbocycles. The summed E-state index contributed by atoms with van der Waals surface area (Å²) in [7, 11) is -1.11. The predicted octanol–water partition coefficient (Wildman–Crippen LogP) is 4.17. The third-order valence-corrected chi connectivity index (χ3v) is 9.44. The summed E-state index contributed by atoms with van der Waals surface area (Å²) in [6, 6.07) is 0. The second-order valence-electron chi connectivity index (χ2n) is 8.17. The van der Waals surface area contributed by atoms with Crippen LogP contribution in [0, 0.1) is 0 Å². The molecule has 1 atom stereocenters. The number of rotatable bonds is 4. The van der Waals surface area contributed by atoms with E-state index >= 15 is 0 Å². The summed E-state index contributed by atoms with van der Waals surface area (Å²) in [5, 5.41) is -0.144. The van der Waals surface area contributed by atoms with Crippen molar-refractivity contribution in [3.05, 3.63) is 0 Å². The molecule has 2 bridgehead atoms. The zero-order chi connectivity index (χ0) is 14.3. The zero-order valence-electron chi connectivity index (χ0n) is 13.2. The van der Waals surface area contributed by atoms with Gasteiger partial charge in [0, 0.05) is 13.4 Å². The van der Waals surface area contributed by atoms with Gasteiger partial charge in [-0.25, -0.2) is 0 Å². The molecule has 108 valence electrons. The highest BCUT2D eigenvalue weighted by Crippen LogP contribution is 2.58. The maximum atomic E-state index is 12.2. The Bertz CT molecular complexity index is 343. The summed E-state index contributed by atoms with van der Waals surface area (Å²) >= 11 is 0. The van der Waals surface area contributed by atoms with Gasteiger partial charge in [0.2, 0.25) is 5.91 Å². The molecule has 2 N–H and O–H groups in total. The molecule has 2 heterocycles. The van der Waals surface area contributed by atoms with Gasteiger partial charge in [-0.15, -0.1) is 0 Å². The Kier molecular flexibility index (Phi) is 4.20. The highest BCUT2D eigenvalue weighted by Gasteiger charge is 2.54. The summed E-state index contributed by atoms with van der Waals surface area (Å²) in [6.07, 6.45) is 8.44. The lowest BCUT2D eigenvalue weighted by Gasteiger charge is -2.50. The molecule has 1 amide bonds. The fourth-order valence-electron chi connectivity index (χ4n) is 4.43. The monoisotopic (exact) mass is 279 g/mol. The van der Waals surface area contributed by atoms with E-state index < -0.39 is 8.07 Å². The van der Waals surface area contributed by atoms with Crippen LogP contribution in [0.3, 0.4) is 0 Å². The maximum Gasteiger partial charge on any atom is 0.216 e. The SMILES string of the molecule is CC(CB1C2CCCC1(C(N)=O)CCC2)[Si](C)(C)C. The number of hydrogen-bond acceptors (Lipinski definition) is 1. The van der Waals surface area contributed by atoms with Gasteiger partial charge in [-0.1, -0.05) is 69.9 Å². The van der Waals surface area contributed by atoms with Crippen molar-refractivity contribution in [1.29, 1.82) is 0 Å². The smallest absolute Gasteiger partial charge is 0.216 e. The van der Waals surface area contributed by atoms with Crippen molar-refractivity contribution in [3.63, 3.8) is 0 Å². The molecular formula is C15H30BNOSi. The average Bonchev–Trinajstić information content (AvgIpc) is 2.27. The van der Waals surface area contributed by atoms with Crippen molar-refractivity contribution >= 4 is 20.7 Å². The van der Waals surface area contributed by atoms with Crippen LogP contribution in [0.1, 0.15) is 45.4 Å². The first-order chi connectivity index (χ1) is 8.77. The average molecular weight is 279 g/mol. The van der Waals surface area contributed by atoms with Crippen LogP contribution in [0.2, 0.25) is 42.6 Å². The number of carbonyl (C=O) groups excluding carboxylic acids is 1. The Morgan fingerprint density at radius 1 is 1.32 bits per heavy atom. The highest BCUT2D eigenvalue weighted by molar-refractivity contribution is 6.80. The molecule has 4 heteroatoms. The van der Waals surface area contributed by atoms with E-state index in [0.29, 0.717) is 6.71 Å². The van der Waals surface area contributed by atoms with E-state index in [2.05, 4.69) is 26.6 Å². The molecule has 0 radical (unpaired) electrons. The Balaban J connectivity index is 2.22. The number of primary amides is 1. The molecule has 0 saturated carbocycles. The fraction of sp³-hybridized carbons (Fsp3) is 0.933. The van der Waals surface area contributed by atoms with Crippen LogP contribution in [0.25, 0.3) is 0 Å². The molecule has 2 fully saturated rings. The minimum absolute atomic E-state index is 0.00433. The van der Waals surface area contributed by atoms with Crippen molar-refractivity contribution in [3.8, 4) is 0 Å². The quantitative estimate of drug-likeness (QED) is 0.771. The van der Waals surface area contributed by atoms with Crippen LogP contribution in [0.5, 0.6) is 0 Å². The molecule has 2 saturated heterocycles. The lowest BCUT2D eigenvalue weighted by molar-refractivity contribution is -0.122. The van der Waals surface area contributed by atoms with Gasteiger partial charge >= 0.3 is 0 Å². The first kappa shape index (κ1) is 15.1. The molecule has 1 unspecified atom stereocenters. The molecule has 2 rings (SSSR count). The minimum Gasteiger partial charge on any atom is -0.370 e. The van der Waals surface area contributed by atoms with Gasteiger partial charge in [0.25, 0.3) is 0 Å². The van der Waals surface area contributed by atoms with Crippen molar-refractivity contribution in [1.82, 2.24) is 0 Å². The summed E-state index contributed by atoms with van der Waals surface area (Å²) in [6.45, 7) is 10.3. The molecular weight excluding hydrogens is 249 g/mol. The third-order valence-electron chi connectivity index (χ3n) is 6.25. The van der Waals surface area contributed by atoms with Crippen molar-refractivity contribution in [2.24, 2.45) is 5.73 Å². The van der Waals surface area contributed by atoms with Crippen molar-refractivity contribution < 1.29 is 4.79 Å². The normalized spacial score (nSPS) is 33.1. The Morgan fingerprint density at radius 3 is 2.26 bits per heavy atom. The van der Waals surface area contributed by atoms with E-state index in [1.54, 1.807) is 0 Å². The van der Waals surface area contributed by atoms with Crippen LogP contribution >= 0.6 is 0 Å².